The van der Waals surface area contributed by atoms with Crippen molar-refractivity contribution in [1.29, 1.82) is 0 Å². The van der Waals surface area contributed by atoms with Gasteiger partial charge in [0.05, 0.1) is 25.2 Å². The summed E-state index contributed by atoms with van der Waals surface area (Å²) in [6.07, 6.45) is -3.30. The van der Waals surface area contributed by atoms with Crippen molar-refractivity contribution < 1.29 is 31.8 Å². The fourth-order valence-corrected chi connectivity index (χ4v) is 5.16. The van der Waals surface area contributed by atoms with Crippen LogP contribution in [0.4, 0.5) is 18.9 Å². The number of carbonyl (C=O) groups is 1. The molecule has 2 aromatic carbocycles. The number of ether oxygens (including phenoxy) is 1. The molecule has 1 saturated heterocycles. The molecule has 0 atom stereocenters. The summed E-state index contributed by atoms with van der Waals surface area (Å²) in [5, 5.41) is 10.9. The normalized spacial score (nSPS) is 15.6. The van der Waals surface area contributed by atoms with Gasteiger partial charge in [-0.3, -0.25) is 14.9 Å². The highest BCUT2D eigenvalue weighted by molar-refractivity contribution is 7.94. The van der Waals surface area contributed by atoms with Crippen LogP contribution >= 0.6 is 11.6 Å². The molecule has 0 bridgehead atoms. The predicted molar refractivity (Wildman–Crippen MR) is 103 cm³/mol. The zero-order valence-corrected chi connectivity index (χ0v) is 16.7. The number of amides is 1. The SMILES string of the molecule is O=C(N=S1(=O)CCCC1)c1cc(Oc2ccc(C(F)(F)F)cc2Cl)ccc1[N+](=O)[O-]. The van der Waals surface area contributed by atoms with Crippen LogP contribution in [-0.4, -0.2) is 26.5 Å². The van der Waals surface area contributed by atoms with Gasteiger partial charge >= 0.3 is 6.18 Å². The molecule has 1 aliphatic heterocycles. The van der Waals surface area contributed by atoms with Crippen molar-refractivity contribution in [2.24, 2.45) is 4.36 Å². The first-order chi connectivity index (χ1) is 14.0. The minimum absolute atomic E-state index is 0.0813. The summed E-state index contributed by atoms with van der Waals surface area (Å²) in [6.45, 7) is 0. The molecule has 160 valence electrons. The maximum absolute atomic E-state index is 12.8. The van der Waals surface area contributed by atoms with Gasteiger partial charge in [-0.25, -0.2) is 4.21 Å². The Bertz CT molecular complexity index is 1130. The van der Waals surface area contributed by atoms with E-state index in [2.05, 4.69) is 4.36 Å². The Labute approximate surface area is 174 Å². The van der Waals surface area contributed by atoms with Gasteiger partial charge in [0.2, 0.25) is 0 Å². The Morgan fingerprint density at radius 2 is 1.83 bits per heavy atom. The molecule has 0 radical (unpaired) electrons. The first-order valence-electron chi connectivity index (χ1n) is 8.58. The van der Waals surface area contributed by atoms with Gasteiger partial charge in [-0.2, -0.15) is 17.5 Å². The average molecular weight is 463 g/mol. The lowest BCUT2D eigenvalue weighted by Crippen LogP contribution is -2.08. The summed E-state index contributed by atoms with van der Waals surface area (Å²) in [4.78, 5) is 23.0. The number of nitrogens with zero attached hydrogens (tertiary/aromatic N) is 2. The van der Waals surface area contributed by atoms with Crippen LogP contribution in [0.3, 0.4) is 0 Å². The van der Waals surface area contributed by atoms with Gasteiger partial charge in [0.25, 0.3) is 11.6 Å². The Morgan fingerprint density at radius 1 is 1.17 bits per heavy atom. The van der Waals surface area contributed by atoms with E-state index in [-0.39, 0.29) is 28.0 Å². The summed E-state index contributed by atoms with van der Waals surface area (Å²) < 4.78 is 59.9. The molecule has 7 nitrogen and oxygen atoms in total. The van der Waals surface area contributed by atoms with Crippen molar-refractivity contribution in [3.05, 3.63) is 62.7 Å². The molecule has 1 fully saturated rings. The second-order valence-corrected chi connectivity index (χ2v) is 9.42. The molecular weight excluding hydrogens is 449 g/mol. The lowest BCUT2D eigenvalue weighted by atomic mass is 10.1. The second kappa shape index (κ2) is 8.23. The van der Waals surface area contributed by atoms with Crippen LogP contribution in [0.1, 0.15) is 28.8 Å². The number of hydrogen-bond donors (Lipinski definition) is 0. The molecule has 0 saturated carbocycles. The van der Waals surface area contributed by atoms with E-state index in [4.69, 9.17) is 16.3 Å². The number of halogens is 4. The number of hydrogen-bond acceptors (Lipinski definition) is 5. The first-order valence-corrected chi connectivity index (χ1v) is 10.8. The molecule has 0 aliphatic carbocycles. The lowest BCUT2D eigenvalue weighted by Gasteiger charge is -2.11. The minimum Gasteiger partial charge on any atom is -0.456 e. The average Bonchev–Trinajstić information content (AvgIpc) is 3.08. The molecule has 12 heteroatoms. The molecule has 3 rings (SSSR count). The van der Waals surface area contributed by atoms with Gasteiger partial charge in [0, 0.05) is 23.6 Å². The third kappa shape index (κ3) is 4.90. The maximum Gasteiger partial charge on any atom is 0.416 e. The third-order valence-electron chi connectivity index (χ3n) is 4.31. The van der Waals surface area contributed by atoms with Gasteiger partial charge in [-0.1, -0.05) is 11.6 Å². The standard InChI is InChI=1S/C18H14ClF3N2O5S/c19-14-9-11(18(20,21)22)3-6-16(14)29-12-4-5-15(24(26)27)13(10-12)17(25)23-30(28)7-1-2-8-30/h3-6,9-10H,1-2,7-8H2. The zero-order valence-electron chi connectivity index (χ0n) is 15.1. The third-order valence-corrected chi connectivity index (χ3v) is 6.96. The topological polar surface area (TPSA) is 98.9 Å². The van der Waals surface area contributed by atoms with E-state index in [1.165, 1.54) is 0 Å². The van der Waals surface area contributed by atoms with Crippen molar-refractivity contribution in [2.75, 3.05) is 11.5 Å². The molecular formula is C18H14ClF3N2O5S. The fourth-order valence-electron chi connectivity index (χ4n) is 2.84. The number of carbonyl (C=O) groups excluding carboxylic acids is 1. The van der Waals surface area contributed by atoms with E-state index in [9.17, 15) is 32.3 Å². The molecule has 0 N–H and O–H groups in total. The van der Waals surface area contributed by atoms with Gasteiger partial charge in [-0.15, -0.1) is 0 Å². The number of nitro benzene ring substituents is 1. The molecule has 0 spiro atoms. The van der Waals surface area contributed by atoms with Gasteiger partial charge in [0.15, 0.2) is 0 Å². The van der Waals surface area contributed by atoms with E-state index >= 15 is 0 Å². The maximum atomic E-state index is 12.8. The summed E-state index contributed by atoms with van der Waals surface area (Å²) in [7, 11) is -2.76. The number of rotatable bonds is 4. The van der Waals surface area contributed by atoms with Gasteiger partial charge in [-0.05, 0) is 37.1 Å². The Morgan fingerprint density at radius 3 is 2.40 bits per heavy atom. The summed E-state index contributed by atoms with van der Waals surface area (Å²) in [5.41, 5.74) is -1.97. The second-order valence-electron chi connectivity index (χ2n) is 6.47. The molecule has 1 aliphatic rings. The van der Waals surface area contributed by atoms with E-state index in [0.717, 1.165) is 30.3 Å². The highest BCUT2D eigenvalue weighted by Crippen LogP contribution is 2.37. The summed E-state index contributed by atoms with van der Waals surface area (Å²) >= 11 is 5.84. The molecule has 0 aromatic heterocycles. The minimum atomic E-state index is -4.59. The number of nitro groups is 1. The van der Waals surface area contributed by atoms with Crippen LogP contribution in [0.25, 0.3) is 0 Å². The Hall–Kier alpha value is -2.66. The van der Waals surface area contributed by atoms with E-state index in [1.54, 1.807) is 0 Å². The fraction of sp³-hybridized carbons (Fsp3) is 0.278. The molecule has 2 aromatic rings. The summed E-state index contributed by atoms with van der Waals surface area (Å²) in [5.74, 6) is -0.761. The number of alkyl halides is 3. The van der Waals surface area contributed by atoms with Gasteiger partial charge < -0.3 is 4.74 Å². The van der Waals surface area contributed by atoms with E-state index in [1.807, 2.05) is 0 Å². The van der Waals surface area contributed by atoms with Crippen molar-refractivity contribution in [3.8, 4) is 11.5 Å². The van der Waals surface area contributed by atoms with Crippen molar-refractivity contribution >= 4 is 32.9 Å². The lowest BCUT2D eigenvalue weighted by molar-refractivity contribution is -0.385. The van der Waals surface area contributed by atoms with Crippen LogP contribution in [0.5, 0.6) is 11.5 Å². The monoisotopic (exact) mass is 462 g/mol. The smallest absolute Gasteiger partial charge is 0.416 e. The van der Waals surface area contributed by atoms with Crippen LogP contribution in [0.15, 0.2) is 40.8 Å². The van der Waals surface area contributed by atoms with E-state index in [0.29, 0.717) is 18.9 Å². The van der Waals surface area contributed by atoms with Gasteiger partial charge in [0.1, 0.15) is 17.1 Å². The summed E-state index contributed by atoms with van der Waals surface area (Å²) in [6, 6.07) is 5.62. The Kier molecular flexibility index (Phi) is 6.04. The molecule has 1 amide bonds. The van der Waals surface area contributed by atoms with Crippen LogP contribution in [-0.2, 0) is 15.9 Å². The highest BCUT2D eigenvalue weighted by Gasteiger charge is 2.31. The molecule has 1 heterocycles. The number of benzene rings is 2. The van der Waals surface area contributed by atoms with Crippen LogP contribution < -0.4 is 4.74 Å². The quantitative estimate of drug-likeness (QED) is 0.443. The highest BCUT2D eigenvalue weighted by atomic mass is 35.5. The molecule has 0 unspecified atom stereocenters. The van der Waals surface area contributed by atoms with Crippen molar-refractivity contribution in [2.45, 2.75) is 19.0 Å². The first kappa shape index (κ1) is 22.0. The zero-order chi connectivity index (χ0) is 22.1. The van der Waals surface area contributed by atoms with Crippen molar-refractivity contribution in [1.82, 2.24) is 0 Å². The predicted octanol–water partition coefficient (Wildman–Crippen LogP) is 5.46. The largest absolute Gasteiger partial charge is 0.456 e. The van der Waals surface area contributed by atoms with Crippen molar-refractivity contribution in [3.63, 3.8) is 0 Å². The van der Waals surface area contributed by atoms with E-state index < -0.39 is 43.6 Å². The van der Waals surface area contributed by atoms with Crippen LogP contribution in [0, 0.1) is 10.1 Å². The molecule has 30 heavy (non-hydrogen) atoms. The van der Waals surface area contributed by atoms with Crippen LogP contribution in [0.2, 0.25) is 5.02 Å². The Balaban J connectivity index is 1.96.